The van der Waals surface area contributed by atoms with Crippen molar-refractivity contribution < 1.29 is 13.5 Å². The minimum atomic E-state index is -2.82. The molecule has 0 spiro atoms. The number of halogens is 3. The van der Waals surface area contributed by atoms with Crippen LogP contribution >= 0.6 is 15.9 Å². The summed E-state index contributed by atoms with van der Waals surface area (Å²) < 4.78 is 32.1. The molecule has 19 heavy (non-hydrogen) atoms. The summed E-state index contributed by atoms with van der Waals surface area (Å²) >= 11 is 3.47. The highest BCUT2D eigenvalue weighted by atomic mass is 79.9. The fraction of sp³-hybridized carbons (Fsp3) is 0.571. The van der Waals surface area contributed by atoms with Crippen LogP contribution in [0.1, 0.15) is 18.1 Å². The van der Waals surface area contributed by atoms with E-state index >= 15 is 0 Å². The summed E-state index contributed by atoms with van der Waals surface area (Å²) in [5.41, 5.74) is 2.31. The van der Waals surface area contributed by atoms with Crippen LogP contribution in [0.5, 0.6) is 0 Å². The van der Waals surface area contributed by atoms with Crippen molar-refractivity contribution in [1.82, 2.24) is 5.32 Å². The molecule has 1 aromatic carbocycles. The van der Waals surface area contributed by atoms with Gasteiger partial charge in [0.05, 0.1) is 6.54 Å². The summed E-state index contributed by atoms with van der Waals surface area (Å²) in [6.45, 7) is 3.01. The lowest BCUT2D eigenvalue weighted by molar-refractivity contribution is -0.0629. The smallest absolute Gasteiger partial charge is 0.283 e. The van der Waals surface area contributed by atoms with E-state index in [9.17, 15) is 8.78 Å². The maximum absolute atomic E-state index is 13.3. The Hall–Kier alpha value is -0.520. The fourth-order valence-corrected chi connectivity index (χ4v) is 2.27. The molecule has 0 aromatic heterocycles. The van der Waals surface area contributed by atoms with Crippen molar-refractivity contribution in [2.75, 3.05) is 20.3 Å². The van der Waals surface area contributed by atoms with E-state index in [1.54, 1.807) is 0 Å². The summed E-state index contributed by atoms with van der Waals surface area (Å²) in [4.78, 5) is 0. The first-order valence-corrected chi connectivity index (χ1v) is 6.99. The Kier molecular flexibility index (Phi) is 6.36. The lowest BCUT2D eigenvalue weighted by Gasteiger charge is -2.20. The zero-order valence-electron chi connectivity index (χ0n) is 11.5. The van der Waals surface area contributed by atoms with Crippen LogP contribution in [0.3, 0.4) is 0 Å². The molecule has 0 heterocycles. The normalized spacial score (nSPS) is 13.6. The summed E-state index contributed by atoms with van der Waals surface area (Å²) in [6.07, 6.45) is 0.717. The van der Waals surface area contributed by atoms with E-state index < -0.39 is 12.5 Å². The predicted octanol–water partition coefficient (Wildman–Crippen LogP) is 3.56. The number of methoxy groups -OCH3 is 1. The Bertz CT molecular complexity index is 412. The maximum atomic E-state index is 13.3. The van der Waals surface area contributed by atoms with Gasteiger partial charge in [0.2, 0.25) is 0 Å². The molecule has 1 atom stereocenters. The number of rotatable bonds is 7. The van der Waals surface area contributed by atoms with Crippen molar-refractivity contribution in [2.45, 2.75) is 32.2 Å². The van der Waals surface area contributed by atoms with Crippen molar-refractivity contribution in [2.24, 2.45) is 0 Å². The molecule has 0 radical (unpaired) electrons. The van der Waals surface area contributed by atoms with Crippen LogP contribution in [0.15, 0.2) is 22.7 Å². The second-order valence-corrected chi connectivity index (χ2v) is 5.65. The predicted molar refractivity (Wildman–Crippen MR) is 76.9 cm³/mol. The van der Waals surface area contributed by atoms with Gasteiger partial charge in [-0.2, -0.15) is 0 Å². The highest BCUT2D eigenvalue weighted by molar-refractivity contribution is 9.10. The van der Waals surface area contributed by atoms with E-state index in [-0.39, 0.29) is 12.6 Å². The van der Waals surface area contributed by atoms with Crippen LogP contribution in [-0.4, -0.2) is 32.2 Å². The SMILES string of the molecule is COCC(F)(F)CNC(C)Cc1cccc(Br)c1C. The Labute approximate surface area is 121 Å². The minimum absolute atomic E-state index is 0.0178. The molecule has 1 unspecified atom stereocenters. The van der Waals surface area contributed by atoms with Crippen LogP contribution < -0.4 is 5.32 Å². The van der Waals surface area contributed by atoms with Gasteiger partial charge in [-0.05, 0) is 37.5 Å². The molecule has 5 heteroatoms. The molecule has 0 aliphatic carbocycles. The molecule has 0 amide bonds. The molecule has 0 fully saturated rings. The third kappa shape index (κ3) is 5.55. The Balaban J connectivity index is 2.51. The highest BCUT2D eigenvalue weighted by Crippen LogP contribution is 2.20. The first-order chi connectivity index (χ1) is 8.85. The van der Waals surface area contributed by atoms with Crippen molar-refractivity contribution in [1.29, 1.82) is 0 Å². The number of benzene rings is 1. The molecule has 1 rings (SSSR count). The van der Waals surface area contributed by atoms with Gasteiger partial charge in [0.25, 0.3) is 5.92 Å². The highest BCUT2D eigenvalue weighted by Gasteiger charge is 2.28. The van der Waals surface area contributed by atoms with E-state index in [0.29, 0.717) is 6.42 Å². The monoisotopic (exact) mass is 335 g/mol. The zero-order chi connectivity index (χ0) is 14.5. The van der Waals surface area contributed by atoms with E-state index in [1.807, 2.05) is 32.0 Å². The Morgan fingerprint density at radius 1 is 1.42 bits per heavy atom. The van der Waals surface area contributed by atoms with Crippen molar-refractivity contribution in [3.63, 3.8) is 0 Å². The third-order valence-electron chi connectivity index (χ3n) is 2.97. The molecule has 1 aromatic rings. The van der Waals surface area contributed by atoms with Crippen molar-refractivity contribution in [3.05, 3.63) is 33.8 Å². The molecule has 0 aliphatic rings. The van der Waals surface area contributed by atoms with Crippen LogP contribution in [0.4, 0.5) is 8.78 Å². The second-order valence-electron chi connectivity index (χ2n) is 4.80. The van der Waals surface area contributed by atoms with Gasteiger partial charge in [0, 0.05) is 17.6 Å². The summed E-state index contributed by atoms with van der Waals surface area (Å²) in [5, 5.41) is 2.86. The van der Waals surface area contributed by atoms with Crippen LogP contribution in [-0.2, 0) is 11.2 Å². The van der Waals surface area contributed by atoms with Gasteiger partial charge in [-0.3, -0.25) is 0 Å². The van der Waals surface area contributed by atoms with Gasteiger partial charge < -0.3 is 10.1 Å². The standard InChI is InChI=1S/C14H20BrF2NO/c1-10(18-8-14(16,17)9-19-3)7-12-5-4-6-13(15)11(12)2/h4-6,10,18H,7-9H2,1-3H3. The first-order valence-electron chi connectivity index (χ1n) is 6.20. The van der Waals surface area contributed by atoms with E-state index in [2.05, 4.69) is 26.0 Å². The summed E-state index contributed by atoms with van der Waals surface area (Å²) in [7, 11) is 1.28. The topological polar surface area (TPSA) is 21.3 Å². The molecular formula is C14H20BrF2NO. The van der Waals surface area contributed by atoms with E-state index in [4.69, 9.17) is 0 Å². The van der Waals surface area contributed by atoms with Gasteiger partial charge in [0.15, 0.2) is 0 Å². The lowest BCUT2D eigenvalue weighted by atomic mass is 10.0. The lowest BCUT2D eigenvalue weighted by Crippen LogP contribution is -2.41. The molecule has 0 bridgehead atoms. The molecule has 0 aliphatic heterocycles. The molecule has 108 valence electrons. The number of nitrogens with one attached hydrogen (secondary N) is 1. The molecule has 0 saturated heterocycles. The summed E-state index contributed by atoms with van der Waals surface area (Å²) in [5.74, 6) is -2.82. The second kappa shape index (κ2) is 7.31. The van der Waals surface area contributed by atoms with Gasteiger partial charge in [-0.25, -0.2) is 8.78 Å². The first kappa shape index (κ1) is 16.5. The number of alkyl halides is 2. The molecule has 1 N–H and O–H groups in total. The fourth-order valence-electron chi connectivity index (χ4n) is 1.86. The zero-order valence-corrected chi connectivity index (χ0v) is 13.1. The third-order valence-corrected chi connectivity index (χ3v) is 3.83. The van der Waals surface area contributed by atoms with Gasteiger partial charge >= 0.3 is 0 Å². The number of hydrogen-bond donors (Lipinski definition) is 1. The van der Waals surface area contributed by atoms with Crippen LogP contribution in [0.25, 0.3) is 0 Å². The Morgan fingerprint density at radius 3 is 2.74 bits per heavy atom. The largest absolute Gasteiger partial charge is 0.378 e. The molecule has 0 saturated carbocycles. The Morgan fingerprint density at radius 2 is 2.11 bits per heavy atom. The van der Waals surface area contributed by atoms with E-state index in [0.717, 1.165) is 15.6 Å². The van der Waals surface area contributed by atoms with Crippen molar-refractivity contribution in [3.8, 4) is 0 Å². The van der Waals surface area contributed by atoms with Crippen LogP contribution in [0, 0.1) is 6.92 Å². The van der Waals surface area contributed by atoms with Crippen LogP contribution in [0.2, 0.25) is 0 Å². The van der Waals surface area contributed by atoms with Gasteiger partial charge in [-0.15, -0.1) is 0 Å². The number of hydrogen-bond acceptors (Lipinski definition) is 2. The van der Waals surface area contributed by atoms with Gasteiger partial charge in [-0.1, -0.05) is 28.1 Å². The maximum Gasteiger partial charge on any atom is 0.283 e. The average molecular weight is 336 g/mol. The van der Waals surface area contributed by atoms with Gasteiger partial charge in [0.1, 0.15) is 6.61 Å². The molecule has 2 nitrogen and oxygen atoms in total. The summed E-state index contributed by atoms with van der Waals surface area (Å²) in [6, 6.07) is 5.93. The van der Waals surface area contributed by atoms with E-state index in [1.165, 1.54) is 7.11 Å². The number of ether oxygens (including phenoxy) is 1. The van der Waals surface area contributed by atoms with Crippen molar-refractivity contribution >= 4 is 15.9 Å². The quantitative estimate of drug-likeness (QED) is 0.822. The average Bonchev–Trinajstić information content (AvgIpc) is 2.33. The molecular weight excluding hydrogens is 316 g/mol. The minimum Gasteiger partial charge on any atom is -0.378 e.